The highest BCUT2D eigenvalue weighted by Gasteiger charge is 2.26. The van der Waals surface area contributed by atoms with Gasteiger partial charge < -0.3 is 4.90 Å². The van der Waals surface area contributed by atoms with Crippen molar-refractivity contribution in [2.75, 3.05) is 37.9 Å². The van der Waals surface area contributed by atoms with Gasteiger partial charge in [-0.1, -0.05) is 63.6 Å². The minimum absolute atomic E-state index is 0.798. The second-order valence-corrected chi connectivity index (χ2v) is 10.8. The van der Waals surface area contributed by atoms with Gasteiger partial charge in [-0.3, -0.25) is 0 Å². The standard InChI is InChI=1S/C24H41NS2/c1-21-20-27-24-16-11-10-15-23(24)22(21)14-9-7-5-4-6-8-12-18-26-19-13-17-25(2)3/h10-11,15-16,21-22H,4-9,12-14,17-20H2,1-3H3. The lowest BCUT2D eigenvalue weighted by molar-refractivity contribution is 0.410. The van der Waals surface area contributed by atoms with E-state index in [0.29, 0.717) is 0 Å². The molecule has 0 saturated heterocycles. The SMILES string of the molecule is CC1CSc2ccccc2C1CCCCCCCCCSCCCN(C)C. The molecule has 0 radical (unpaired) electrons. The minimum atomic E-state index is 0.798. The molecule has 0 N–H and O–H groups in total. The van der Waals surface area contributed by atoms with Crippen LogP contribution >= 0.6 is 23.5 Å². The quantitative estimate of drug-likeness (QED) is 0.297. The minimum Gasteiger partial charge on any atom is -0.309 e. The number of unbranched alkanes of at least 4 members (excludes halogenated alkanes) is 6. The van der Waals surface area contributed by atoms with Crippen LogP contribution in [0.3, 0.4) is 0 Å². The fourth-order valence-electron chi connectivity index (χ4n) is 4.04. The molecule has 1 aliphatic heterocycles. The maximum Gasteiger partial charge on any atom is 0.0107 e. The second kappa shape index (κ2) is 14.0. The molecule has 0 fully saturated rings. The van der Waals surface area contributed by atoms with Crippen LogP contribution in [0.2, 0.25) is 0 Å². The summed E-state index contributed by atoms with van der Waals surface area (Å²) >= 11 is 4.21. The molecule has 27 heavy (non-hydrogen) atoms. The predicted octanol–water partition coefficient (Wildman–Crippen LogP) is 7.32. The molecule has 1 heterocycles. The van der Waals surface area contributed by atoms with E-state index in [4.69, 9.17) is 0 Å². The lowest BCUT2D eigenvalue weighted by Gasteiger charge is -2.31. The molecule has 0 spiro atoms. The summed E-state index contributed by atoms with van der Waals surface area (Å²) in [6.45, 7) is 3.68. The van der Waals surface area contributed by atoms with E-state index >= 15 is 0 Å². The van der Waals surface area contributed by atoms with Gasteiger partial charge in [0.15, 0.2) is 0 Å². The van der Waals surface area contributed by atoms with Crippen LogP contribution in [-0.2, 0) is 0 Å². The van der Waals surface area contributed by atoms with Crippen LogP contribution in [0.25, 0.3) is 0 Å². The number of hydrogen-bond acceptors (Lipinski definition) is 3. The van der Waals surface area contributed by atoms with Gasteiger partial charge in [0.2, 0.25) is 0 Å². The molecular formula is C24H41NS2. The first-order chi connectivity index (χ1) is 13.2. The van der Waals surface area contributed by atoms with E-state index in [-0.39, 0.29) is 0 Å². The number of benzene rings is 1. The Morgan fingerprint density at radius 3 is 2.37 bits per heavy atom. The normalized spacial score (nSPS) is 19.4. The van der Waals surface area contributed by atoms with Crippen LogP contribution in [-0.4, -0.2) is 42.8 Å². The topological polar surface area (TPSA) is 3.24 Å². The van der Waals surface area contributed by atoms with Crippen LogP contribution in [0.15, 0.2) is 29.2 Å². The monoisotopic (exact) mass is 407 g/mol. The van der Waals surface area contributed by atoms with Crippen molar-refractivity contribution in [2.45, 2.75) is 75.5 Å². The number of fused-ring (bicyclic) bond motifs is 1. The Bertz CT molecular complexity index is 503. The number of thioether (sulfide) groups is 2. The van der Waals surface area contributed by atoms with Crippen LogP contribution in [0, 0.1) is 5.92 Å². The second-order valence-electron chi connectivity index (χ2n) is 8.47. The largest absolute Gasteiger partial charge is 0.309 e. The molecule has 3 heteroatoms. The Hall–Kier alpha value is -0.120. The number of nitrogens with zero attached hydrogens (tertiary/aromatic N) is 1. The van der Waals surface area contributed by atoms with E-state index in [1.165, 1.54) is 81.6 Å². The van der Waals surface area contributed by atoms with Crippen molar-refractivity contribution < 1.29 is 0 Å². The van der Waals surface area contributed by atoms with E-state index in [9.17, 15) is 0 Å². The summed E-state index contributed by atoms with van der Waals surface area (Å²) in [6, 6.07) is 9.12. The van der Waals surface area contributed by atoms with Gasteiger partial charge in [-0.25, -0.2) is 0 Å². The molecule has 1 aromatic carbocycles. The fourth-order valence-corrected chi connectivity index (χ4v) is 6.22. The van der Waals surface area contributed by atoms with Crippen LogP contribution in [0.5, 0.6) is 0 Å². The van der Waals surface area contributed by atoms with Gasteiger partial charge in [-0.2, -0.15) is 11.8 Å². The highest BCUT2D eigenvalue weighted by molar-refractivity contribution is 7.99. The van der Waals surface area contributed by atoms with E-state index in [2.05, 4.69) is 73.7 Å². The van der Waals surface area contributed by atoms with Gasteiger partial charge >= 0.3 is 0 Å². The number of rotatable bonds is 14. The summed E-state index contributed by atoms with van der Waals surface area (Å²) in [5, 5.41) is 0. The average molecular weight is 408 g/mol. The van der Waals surface area contributed by atoms with Crippen LogP contribution < -0.4 is 0 Å². The molecule has 0 aromatic heterocycles. The van der Waals surface area contributed by atoms with Crippen molar-refractivity contribution >= 4 is 23.5 Å². The van der Waals surface area contributed by atoms with Gasteiger partial charge in [-0.15, -0.1) is 11.8 Å². The third-order valence-corrected chi connectivity index (χ3v) is 8.23. The molecule has 154 valence electrons. The summed E-state index contributed by atoms with van der Waals surface area (Å²) < 4.78 is 0. The smallest absolute Gasteiger partial charge is 0.0107 e. The lowest BCUT2D eigenvalue weighted by Crippen LogP contribution is -2.17. The predicted molar refractivity (Wildman–Crippen MR) is 127 cm³/mol. The van der Waals surface area contributed by atoms with Gasteiger partial charge in [0, 0.05) is 10.6 Å². The molecule has 2 atom stereocenters. The van der Waals surface area contributed by atoms with Crippen LogP contribution in [0.1, 0.15) is 76.2 Å². The van der Waals surface area contributed by atoms with Crippen molar-refractivity contribution in [1.82, 2.24) is 4.90 Å². The molecule has 2 rings (SSSR count). The first kappa shape index (κ1) is 23.2. The summed E-state index contributed by atoms with van der Waals surface area (Å²) in [4.78, 5) is 3.83. The Labute approximate surface area is 177 Å². The average Bonchev–Trinajstić information content (AvgIpc) is 2.66. The first-order valence-corrected chi connectivity index (χ1v) is 13.3. The zero-order chi connectivity index (χ0) is 19.3. The zero-order valence-electron chi connectivity index (χ0n) is 17.9. The maximum atomic E-state index is 2.45. The summed E-state index contributed by atoms with van der Waals surface area (Å²) in [6.07, 6.45) is 12.7. The summed E-state index contributed by atoms with van der Waals surface area (Å²) in [5.41, 5.74) is 1.63. The van der Waals surface area contributed by atoms with E-state index in [1.54, 1.807) is 10.5 Å². The molecular weight excluding hydrogens is 366 g/mol. The van der Waals surface area contributed by atoms with Crippen molar-refractivity contribution in [1.29, 1.82) is 0 Å². The van der Waals surface area contributed by atoms with Crippen molar-refractivity contribution in [3.63, 3.8) is 0 Å². The van der Waals surface area contributed by atoms with E-state index in [0.717, 1.165) is 11.8 Å². The Morgan fingerprint density at radius 2 is 1.59 bits per heavy atom. The van der Waals surface area contributed by atoms with Crippen molar-refractivity contribution in [3.05, 3.63) is 29.8 Å². The molecule has 1 nitrogen and oxygen atoms in total. The Morgan fingerprint density at radius 1 is 0.926 bits per heavy atom. The highest BCUT2D eigenvalue weighted by Crippen LogP contribution is 2.43. The molecule has 0 amide bonds. The summed E-state index contributed by atoms with van der Waals surface area (Å²) in [7, 11) is 4.33. The zero-order valence-corrected chi connectivity index (χ0v) is 19.6. The molecule has 0 aliphatic carbocycles. The van der Waals surface area contributed by atoms with Gasteiger partial charge in [-0.05, 0) is 74.9 Å². The van der Waals surface area contributed by atoms with Crippen molar-refractivity contribution in [2.24, 2.45) is 5.92 Å². The molecule has 2 unspecified atom stereocenters. The first-order valence-electron chi connectivity index (χ1n) is 11.1. The third kappa shape index (κ3) is 9.28. The highest BCUT2D eigenvalue weighted by atomic mass is 32.2. The van der Waals surface area contributed by atoms with Crippen molar-refractivity contribution in [3.8, 4) is 0 Å². The molecule has 1 aliphatic rings. The van der Waals surface area contributed by atoms with Gasteiger partial charge in [0.05, 0.1) is 0 Å². The summed E-state index contributed by atoms with van der Waals surface area (Å²) in [5.74, 6) is 5.63. The Kier molecular flexibility index (Phi) is 12.0. The third-order valence-electron chi connectivity index (χ3n) is 5.70. The van der Waals surface area contributed by atoms with E-state index < -0.39 is 0 Å². The molecule has 1 aromatic rings. The van der Waals surface area contributed by atoms with Gasteiger partial charge in [0.25, 0.3) is 0 Å². The molecule has 0 bridgehead atoms. The maximum absolute atomic E-state index is 2.45. The fraction of sp³-hybridized carbons (Fsp3) is 0.750. The lowest BCUT2D eigenvalue weighted by atomic mass is 9.83. The van der Waals surface area contributed by atoms with Crippen LogP contribution in [0.4, 0.5) is 0 Å². The molecule has 0 saturated carbocycles. The number of hydrogen-bond donors (Lipinski definition) is 0. The van der Waals surface area contributed by atoms with E-state index in [1.807, 2.05) is 0 Å². The Balaban J connectivity index is 1.44. The van der Waals surface area contributed by atoms with Gasteiger partial charge in [0.1, 0.15) is 0 Å².